The SMILES string of the molecule is CC(c1ccc(-c2ccc(F)cc2)cc1)N1CCC(CCNCCF)OC1=O. The van der Waals surface area contributed by atoms with Crippen LogP contribution in [0, 0.1) is 5.82 Å². The Hall–Kier alpha value is -2.47. The molecule has 2 aromatic carbocycles. The van der Waals surface area contributed by atoms with Crippen molar-refractivity contribution < 1.29 is 18.3 Å². The van der Waals surface area contributed by atoms with Crippen LogP contribution in [0.3, 0.4) is 0 Å². The molecule has 2 unspecified atom stereocenters. The molecular weight excluding hydrogens is 362 g/mol. The highest BCUT2D eigenvalue weighted by Crippen LogP contribution is 2.28. The number of ether oxygens (including phenoxy) is 1. The molecule has 1 aliphatic heterocycles. The molecule has 2 atom stereocenters. The second-order valence-electron chi connectivity index (χ2n) is 7.02. The van der Waals surface area contributed by atoms with Crippen molar-refractivity contribution in [3.8, 4) is 11.1 Å². The van der Waals surface area contributed by atoms with Crippen LogP contribution < -0.4 is 5.32 Å². The van der Waals surface area contributed by atoms with Crippen molar-refractivity contribution >= 4 is 6.09 Å². The summed E-state index contributed by atoms with van der Waals surface area (Å²) in [5.41, 5.74) is 2.96. The second kappa shape index (κ2) is 9.64. The normalized spacial score (nSPS) is 18.0. The highest BCUT2D eigenvalue weighted by Gasteiger charge is 2.30. The topological polar surface area (TPSA) is 41.6 Å². The first kappa shape index (κ1) is 20.3. The fourth-order valence-electron chi connectivity index (χ4n) is 3.43. The summed E-state index contributed by atoms with van der Waals surface area (Å²) in [5.74, 6) is -0.255. The molecule has 0 bridgehead atoms. The van der Waals surface area contributed by atoms with E-state index in [4.69, 9.17) is 4.74 Å². The van der Waals surface area contributed by atoms with Gasteiger partial charge in [0.25, 0.3) is 0 Å². The van der Waals surface area contributed by atoms with Crippen LogP contribution in [0.15, 0.2) is 48.5 Å². The van der Waals surface area contributed by atoms with Gasteiger partial charge >= 0.3 is 6.09 Å². The minimum Gasteiger partial charge on any atom is -0.446 e. The van der Waals surface area contributed by atoms with Crippen LogP contribution in [0.5, 0.6) is 0 Å². The molecule has 4 nitrogen and oxygen atoms in total. The average molecular weight is 388 g/mol. The number of hydrogen-bond acceptors (Lipinski definition) is 3. The molecular formula is C22H26F2N2O2. The first-order valence-electron chi connectivity index (χ1n) is 9.68. The van der Waals surface area contributed by atoms with Crippen LogP contribution in [0.4, 0.5) is 13.6 Å². The van der Waals surface area contributed by atoms with Crippen LogP contribution in [0.2, 0.25) is 0 Å². The van der Waals surface area contributed by atoms with Crippen molar-refractivity contribution in [3.05, 3.63) is 59.9 Å². The van der Waals surface area contributed by atoms with Gasteiger partial charge in [0.2, 0.25) is 0 Å². The lowest BCUT2D eigenvalue weighted by Gasteiger charge is -2.36. The predicted molar refractivity (Wildman–Crippen MR) is 105 cm³/mol. The van der Waals surface area contributed by atoms with E-state index in [0.717, 1.165) is 23.1 Å². The van der Waals surface area contributed by atoms with Gasteiger partial charge in [-0.3, -0.25) is 0 Å². The van der Waals surface area contributed by atoms with E-state index in [1.807, 2.05) is 31.2 Å². The van der Waals surface area contributed by atoms with E-state index in [1.54, 1.807) is 17.0 Å². The minimum atomic E-state index is -0.393. The lowest BCUT2D eigenvalue weighted by Crippen LogP contribution is -2.44. The number of cyclic esters (lactones) is 1. The van der Waals surface area contributed by atoms with E-state index in [0.29, 0.717) is 26.1 Å². The zero-order valence-electron chi connectivity index (χ0n) is 16.0. The van der Waals surface area contributed by atoms with E-state index in [-0.39, 0.29) is 24.1 Å². The molecule has 1 fully saturated rings. The summed E-state index contributed by atoms with van der Waals surface area (Å²) >= 11 is 0. The number of hydrogen-bond donors (Lipinski definition) is 1. The summed E-state index contributed by atoms with van der Waals surface area (Å²) in [6.07, 6.45) is 1.03. The Morgan fingerprint density at radius 2 is 1.75 bits per heavy atom. The number of nitrogens with one attached hydrogen (secondary N) is 1. The molecule has 6 heteroatoms. The maximum Gasteiger partial charge on any atom is 0.410 e. The quantitative estimate of drug-likeness (QED) is 0.666. The minimum absolute atomic E-state index is 0.0969. The number of alkyl halides is 1. The van der Waals surface area contributed by atoms with Crippen molar-refractivity contribution in [1.29, 1.82) is 0 Å². The maximum absolute atomic E-state index is 13.1. The summed E-state index contributed by atoms with van der Waals surface area (Å²) in [6, 6.07) is 14.2. The summed E-state index contributed by atoms with van der Waals surface area (Å²) in [4.78, 5) is 14.2. The van der Waals surface area contributed by atoms with Gasteiger partial charge in [-0.1, -0.05) is 36.4 Å². The fraction of sp³-hybridized carbons (Fsp3) is 0.409. The third-order valence-electron chi connectivity index (χ3n) is 5.15. The Kier molecular flexibility index (Phi) is 6.98. The molecule has 150 valence electrons. The third kappa shape index (κ3) is 5.07. The van der Waals surface area contributed by atoms with E-state index < -0.39 is 6.67 Å². The van der Waals surface area contributed by atoms with E-state index in [2.05, 4.69) is 5.32 Å². The highest BCUT2D eigenvalue weighted by molar-refractivity contribution is 5.69. The maximum atomic E-state index is 13.1. The number of halogens is 2. The van der Waals surface area contributed by atoms with Crippen LogP contribution in [-0.2, 0) is 4.74 Å². The molecule has 1 heterocycles. The van der Waals surface area contributed by atoms with Crippen LogP contribution >= 0.6 is 0 Å². The molecule has 0 aliphatic carbocycles. The van der Waals surface area contributed by atoms with Crippen LogP contribution in [-0.4, -0.2) is 43.4 Å². The van der Waals surface area contributed by atoms with Gasteiger partial charge in [0.15, 0.2) is 0 Å². The lowest BCUT2D eigenvalue weighted by atomic mass is 10.00. The molecule has 1 saturated heterocycles. The van der Waals surface area contributed by atoms with Gasteiger partial charge in [0.05, 0.1) is 6.04 Å². The van der Waals surface area contributed by atoms with E-state index in [1.165, 1.54) is 12.1 Å². The van der Waals surface area contributed by atoms with E-state index >= 15 is 0 Å². The summed E-state index contributed by atoms with van der Waals surface area (Å²) in [6.45, 7) is 3.19. The highest BCUT2D eigenvalue weighted by atomic mass is 19.1. The van der Waals surface area contributed by atoms with Crippen LogP contribution in [0.25, 0.3) is 11.1 Å². The molecule has 0 spiro atoms. The second-order valence-corrected chi connectivity index (χ2v) is 7.02. The van der Waals surface area contributed by atoms with E-state index in [9.17, 15) is 13.6 Å². The van der Waals surface area contributed by atoms with Crippen LogP contribution in [0.1, 0.15) is 31.4 Å². The van der Waals surface area contributed by atoms with Crippen molar-refractivity contribution in [2.45, 2.75) is 31.9 Å². The molecule has 1 amide bonds. The molecule has 2 aromatic rings. The summed E-state index contributed by atoms with van der Waals surface area (Å²) in [7, 11) is 0. The molecule has 0 radical (unpaired) electrons. The number of carbonyl (C=O) groups is 1. The molecule has 1 aliphatic rings. The Morgan fingerprint density at radius 3 is 2.36 bits per heavy atom. The zero-order chi connectivity index (χ0) is 19.9. The third-order valence-corrected chi connectivity index (χ3v) is 5.15. The smallest absolute Gasteiger partial charge is 0.410 e. The Morgan fingerprint density at radius 1 is 1.11 bits per heavy atom. The Labute approximate surface area is 164 Å². The number of nitrogens with zero attached hydrogens (tertiary/aromatic N) is 1. The number of amides is 1. The molecule has 0 saturated carbocycles. The van der Waals surface area contributed by atoms with Crippen molar-refractivity contribution in [3.63, 3.8) is 0 Å². The van der Waals surface area contributed by atoms with Gasteiger partial charge in [0.1, 0.15) is 18.6 Å². The predicted octanol–water partition coefficient (Wildman–Crippen LogP) is 4.71. The van der Waals surface area contributed by atoms with Gasteiger partial charge in [-0.05, 0) is 48.7 Å². The van der Waals surface area contributed by atoms with Gasteiger partial charge in [0, 0.05) is 19.5 Å². The van der Waals surface area contributed by atoms with Crippen molar-refractivity contribution in [2.24, 2.45) is 0 Å². The fourth-order valence-corrected chi connectivity index (χ4v) is 3.43. The summed E-state index contributed by atoms with van der Waals surface area (Å²) in [5, 5.41) is 2.98. The summed E-state index contributed by atoms with van der Waals surface area (Å²) < 4.78 is 30.7. The Balaban J connectivity index is 1.57. The number of rotatable bonds is 8. The average Bonchev–Trinajstić information content (AvgIpc) is 2.72. The van der Waals surface area contributed by atoms with Gasteiger partial charge < -0.3 is 15.0 Å². The van der Waals surface area contributed by atoms with Gasteiger partial charge in [-0.25, -0.2) is 13.6 Å². The first-order valence-corrected chi connectivity index (χ1v) is 9.68. The van der Waals surface area contributed by atoms with Crippen molar-refractivity contribution in [1.82, 2.24) is 10.2 Å². The number of benzene rings is 2. The Bertz CT molecular complexity index is 765. The lowest BCUT2D eigenvalue weighted by molar-refractivity contribution is 0.0102. The molecule has 1 N–H and O–H groups in total. The standard InChI is InChI=1S/C22H26F2N2O2/c1-16(26-15-11-21(28-22(26)27)10-13-25-14-12-23)17-2-4-18(5-3-17)19-6-8-20(24)9-7-19/h2-9,16,21,25H,10-15H2,1H3. The molecule has 3 rings (SSSR count). The van der Waals surface area contributed by atoms with Gasteiger partial charge in [-0.2, -0.15) is 0 Å². The molecule has 0 aromatic heterocycles. The monoisotopic (exact) mass is 388 g/mol. The number of carbonyl (C=O) groups excluding carboxylic acids is 1. The first-order chi connectivity index (χ1) is 13.6. The molecule has 28 heavy (non-hydrogen) atoms. The van der Waals surface area contributed by atoms with Gasteiger partial charge in [-0.15, -0.1) is 0 Å². The van der Waals surface area contributed by atoms with Crippen molar-refractivity contribution in [2.75, 3.05) is 26.3 Å². The largest absolute Gasteiger partial charge is 0.446 e. The zero-order valence-corrected chi connectivity index (χ0v) is 16.0.